The van der Waals surface area contributed by atoms with E-state index >= 15 is 0 Å². The predicted octanol–water partition coefficient (Wildman–Crippen LogP) is 0.335. The summed E-state index contributed by atoms with van der Waals surface area (Å²) in [5.74, 6) is 0. The molecule has 0 aliphatic rings. The SMILES string of the molecule is Cn1nc(-c2ccccn2)cc(CO)c1=O. The van der Waals surface area contributed by atoms with Crippen molar-refractivity contribution < 1.29 is 5.11 Å². The van der Waals surface area contributed by atoms with Gasteiger partial charge in [0, 0.05) is 18.8 Å². The minimum Gasteiger partial charge on any atom is -0.391 e. The van der Waals surface area contributed by atoms with Crippen LogP contribution in [0, 0.1) is 0 Å². The Balaban J connectivity index is 2.60. The van der Waals surface area contributed by atoms with Gasteiger partial charge in [-0.3, -0.25) is 9.78 Å². The third-order valence-electron chi connectivity index (χ3n) is 2.23. The van der Waals surface area contributed by atoms with Crippen LogP contribution in [0.3, 0.4) is 0 Å². The van der Waals surface area contributed by atoms with Crippen LogP contribution in [0.1, 0.15) is 5.56 Å². The average molecular weight is 217 g/mol. The van der Waals surface area contributed by atoms with Gasteiger partial charge in [0.2, 0.25) is 0 Å². The number of hydrogen-bond donors (Lipinski definition) is 1. The lowest BCUT2D eigenvalue weighted by Crippen LogP contribution is -2.23. The molecule has 0 radical (unpaired) electrons. The van der Waals surface area contributed by atoms with Crippen LogP contribution in [-0.2, 0) is 13.7 Å². The summed E-state index contributed by atoms with van der Waals surface area (Å²) in [4.78, 5) is 15.6. The smallest absolute Gasteiger partial charge is 0.272 e. The normalized spacial score (nSPS) is 10.4. The highest BCUT2D eigenvalue weighted by Crippen LogP contribution is 2.12. The third kappa shape index (κ3) is 1.85. The van der Waals surface area contributed by atoms with E-state index in [1.807, 2.05) is 6.07 Å². The van der Waals surface area contributed by atoms with Crippen molar-refractivity contribution in [3.05, 3.63) is 46.4 Å². The summed E-state index contributed by atoms with van der Waals surface area (Å²) in [6, 6.07) is 7.00. The summed E-state index contributed by atoms with van der Waals surface area (Å²) in [7, 11) is 1.55. The number of aliphatic hydroxyl groups is 1. The lowest BCUT2D eigenvalue weighted by Gasteiger charge is -2.04. The first-order valence-electron chi connectivity index (χ1n) is 4.82. The number of nitrogens with zero attached hydrogens (tertiary/aromatic N) is 3. The lowest BCUT2D eigenvalue weighted by molar-refractivity contribution is 0.279. The molecule has 0 aliphatic carbocycles. The topological polar surface area (TPSA) is 68.0 Å². The first kappa shape index (κ1) is 10.5. The first-order chi connectivity index (χ1) is 7.72. The zero-order valence-electron chi connectivity index (χ0n) is 8.79. The predicted molar refractivity (Wildman–Crippen MR) is 58.6 cm³/mol. The van der Waals surface area contributed by atoms with Gasteiger partial charge in [-0.1, -0.05) is 6.07 Å². The summed E-state index contributed by atoms with van der Waals surface area (Å²) in [5.41, 5.74) is 1.28. The molecule has 5 heteroatoms. The molecular weight excluding hydrogens is 206 g/mol. The van der Waals surface area contributed by atoms with Crippen LogP contribution >= 0.6 is 0 Å². The summed E-state index contributed by atoms with van der Waals surface area (Å²) in [6.07, 6.45) is 1.65. The Labute approximate surface area is 92.0 Å². The Morgan fingerprint density at radius 2 is 2.19 bits per heavy atom. The fourth-order valence-electron chi connectivity index (χ4n) is 1.42. The van der Waals surface area contributed by atoms with E-state index < -0.39 is 0 Å². The van der Waals surface area contributed by atoms with Crippen molar-refractivity contribution in [3.63, 3.8) is 0 Å². The molecule has 0 fully saturated rings. The van der Waals surface area contributed by atoms with E-state index in [1.165, 1.54) is 4.68 Å². The summed E-state index contributed by atoms with van der Waals surface area (Å²) in [6.45, 7) is -0.297. The molecule has 5 nitrogen and oxygen atoms in total. The quantitative estimate of drug-likeness (QED) is 0.787. The van der Waals surface area contributed by atoms with Crippen molar-refractivity contribution in [1.29, 1.82) is 0 Å². The van der Waals surface area contributed by atoms with Crippen LogP contribution in [0.25, 0.3) is 11.4 Å². The monoisotopic (exact) mass is 217 g/mol. The Kier molecular flexibility index (Phi) is 2.78. The van der Waals surface area contributed by atoms with Crippen molar-refractivity contribution in [2.75, 3.05) is 0 Å². The zero-order chi connectivity index (χ0) is 11.5. The molecule has 0 atom stereocenters. The van der Waals surface area contributed by atoms with Gasteiger partial charge in [-0.25, -0.2) is 4.68 Å². The fourth-order valence-corrected chi connectivity index (χ4v) is 1.42. The van der Waals surface area contributed by atoms with Gasteiger partial charge in [0.25, 0.3) is 5.56 Å². The van der Waals surface area contributed by atoms with Crippen LogP contribution in [0.4, 0.5) is 0 Å². The van der Waals surface area contributed by atoms with Gasteiger partial charge in [0.15, 0.2) is 0 Å². The molecule has 0 saturated heterocycles. The molecule has 2 heterocycles. The largest absolute Gasteiger partial charge is 0.391 e. The number of aliphatic hydroxyl groups excluding tert-OH is 1. The van der Waals surface area contributed by atoms with Crippen molar-refractivity contribution in [2.45, 2.75) is 6.61 Å². The number of aromatic nitrogens is 3. The maximum atomic E-state index is 11.5. The molecule has 0 aliphatic heterocycles. The van der Waals surface area contributed by atoms with Crippen LogP contribution in [0.2, 0.25) is 0 Å². The van der Waals surface area contributed by atoms with Crippen LogP contribution < -0.4 is 5.56 Å². The molecule has 1 N–H and O–H groups in total. The Hall–Kier alpha value is -2.01. The minimum absolute atomic E-state index is 0.290. The summed E-state index contributed by atoms with van der Waals surface area (Å²) < 4.78 is 1.20. The molecule has 16 heavy (non-hydrogen) atoms. The molecule has 0 amide bonds. The van der Waals surface area contributed by atoms with E-state index in [0.717, 1.165) is 0 Å². The van der Waals surface area contributed by atoms with Gasteiger partial charge in [-0.05, 0) is 18.2 Å². The molecule has 0 saturated carbocycles. The molecule has 2 rings (SSSR count). The maximum absolute atomic E-state index is 11.5. The van der Waals surface area contributed by atoms with E-state index in [-0.39, 0.29) is 12.2 Å². The Bertz CT molecular complexity index is 549. The molecule has 2 aromatic rings. The highest BCUT2D eigenvalue weighted by atomic mass is 16.3. The zero-order valence-corrected chi connectivity index (χ0v) is 8.79. The molecule has 0 spiro atoms. The van der Waals surface area contributed by atoms with Crippen LogP contribution in [0.5, 0.6) is 0 Å². The summed E-state index contributed by atoms with van der Waals surface area (Å²) >= 11 is 0. The second-order valence-corrected chi connectivity index (χ2v) is 3.36. The lowest BCUT2D eigenvalue weighted by atomic mass is 10.2. The summed E-state index contributed by atoms with van der Waals surface area (Å²) in [5, 5.41) is 13.1. The first-order valence-corrected chi connectivity index (χ1v) is 4.82. The fraction of sp³-hybridized carbons (Fsp3) is 0.182. The molecule has 0 bridgehead atoms. The van der Waals surface area contributed by atoms with E-state index in [4.69, 9.17) is 5.11 Å². The number of rotatable bonds is 2. The van der Waals surface area contributed by atoms with Crippen molar-refractivity contribution in [3.8, 4) is 11.4 Å². The third-order valence-corrected chi connectivity index (χ3v) is 2.23. The second-order valence-electron chi connectivity index (χ2n) is 3.36. The Morgan fingerprint density at radius 1 is 1.38 bits per heavy atom. The van der Waals surface area contributed by atoms with Crippen molar-refractivity contribution in [2.24, 2.45) is 7.05 Å². The molecule has 0 unspecified atom stereocenters. The van der Waals surface area contributed by atoms with Gasteiger partial charge in [0.1, 0.15) is 5.69 Å². The van der Waals surface area contributed by atoms with E-state index in [2.05, 4.69) is 10.1 Å². The van der Waals surface area contributed by atoms with Gasteiger partial charge >= 0.3 is 0 Å². The number of aryl methyl sites for hydroxylation is 1. The minimum atomic E-state index is -0.297. The van der Waals surface area contributed by atoms with Crippen LogP contribution in [0.15, 0.2) is 35.3 Å². The number of pyridine rings is 1. The van der Waals surface area contributed by atoms with Crippen LogP contribution in [-0.4, -0.2) is 19.9 Å². The van der Waals surface area contributed by atoms with E-state index in [0.29, 0.717) is 17.0 Å². The molecular formula is C11H11N3O2. The number of hydrogen-bond acceptors (Lipinski definition) is 4. The van der Waals surface area contributed by atoms with E-state index in [9.17, 15) is 4.79 Å². The van der Waals surface area contributed by atoms with Gasteiger partial charge in [0.05, 0.1) is 12.3 Å². The van der Waals surface area contributed by atoms with Gasteiger partial charge in [-0.2, -0.15) is 5.10 Å². The van der Waals surface area contributed by atoms with Crippen molar-refractivity contribution in [1.82, 2.24) is 14.8 Å². The standard InChI is InChI=1S/C11H11N3O2/c1-14-11(16)8(7-15)6-10(13-14)9-4-2-3-5-12-9/h2-6,15H,7H2,1H3. The molecule has 82 valence electrons. The van der Waals surface area contributed by atoms with Gasteiger partial charge in [-0.15, -0.1) is 0 Å². The highest BCUT2D eigenvalue weighted by Gasteiger charge is 2.07. The Morgan fingerprint density at radius 3 is 2.81 bits per heavy atom. The van der Waals surface area contributed by atoms with E-state index in [1.54, 1.807) is 31.4 Å². The second kappa shape index (κ2) is 4.24. The maximum Gasteiger partial charge on any atom is 0.272 e. The highest BCUT2D eigenvalue weighted by molar-refractivity contribution is 5.53. The molecule has 0 aromatic carbocycles. The van der Waals surface area contributed by atoms with Crippen molar-refractivity contribution >= 4 is 0 Å². The molecule has 2 aromatic heterocycles. The average Bonchev–Trinajstić information content (AvgIpc) is 2.33. The van der Waals surface area contributed by atoms with Gasteiger partial charge < -0.3 is 5.11 Å².